The highest BCUT2D eigenvalue weighted by atomic mass is 32.2. The number of pyridine rings is 1. The average Bonchev–Trinajstić information content (AvgIpc) is 3.40. The number of rotatable bonds is 10. The number of hydrogen-bond donors (Lipinski definition) is 2. The Kier molecular flexibility index (Phi) is 9.75. The lowest BCUT2D eigenvalue weighted by Crippen LogP contribution is -2.47. The number of para-hydroxylation sites is 1. The molecule has 13 nitrogen and oxygen atoms in total. The van der Waals surface area contributed by atoms with Crippen LogP contribution in [0.5, 0.6) is 5.75 Å². The number of carbonyl (C=O) groups is 1. The highest BCUT2D eigenvalue weighted by molar-refractivity contribution is 7.90. The molecule has 2 fully saturated rings. The first-order valence-corrected chi connectivity index (χ1v) is 18.1. The third kappa shape index (κ3) is 7.20. The van der Waals surface area contributed by atoms with E-state index >= 15 is 0 Å². The minimum atomic E-state index is -4.19. The molecule has 1 aromatic heterocycles. The van der Waals surface area contributed by atoms with Gasteiger partial charge in [0.25, 0.3) is 0 Å². The molecule has 0 bridgehead atoms. The summed E-state index contributed by atoms with van der Waals surface area (Å²) in [6.45, 7) is 1.87. The largest absolute Gasteiger partial charge is 0.491 e. The van der Waals surface area contributed by atoms with E-state index in [1.807, 2.05) is 0 Å². The first-order chi connectivity index (χ1) is 21.7. The van der Waals surface area contributed by atoms with E-state index in [0.29, 0.717) is 19.3 Å². The van der Waals surface area contributed by atoms with Gasteiger partial charge in [-0.25, -0.2) is 26.0 Å². The van der Waals surface area contributed by atoms with Crippen LogP contribution in [0.3, 0.4) is 0 Å². The maximum atomic E-state index is 14.5. The lowest BCUT2D eigenvalue weighted by Gasteiger charge is -2.37. The van der Waals surface area contributed by atoms with Crippen molar-refractivity contribution >= 4 is 36.9 Å². The average molecular weight is 682 g/mol. The fourth-order valence-electron chi connectivity index (χ4n) is 5.76. The maximum absolute atomic E-state index is 14.5. The molecule has 250 valence electrons. The Hall–Kier alpha value is -3.57. The Morgan fingerprint density at radius 3 is 2.59 bits per heavy atom. The van der Waals surface area contributed by atoms with E-state index in [9.17, 15) is 35.9 Å². The van der Waals surface area contributed by atoms with E-state index in [1.54, 1.807) is 13.0 Å². The normalized spacial score (nSPS) is 19.3. The van der Waals surface area contributed by atoms with Crippen molar-refractivity contribution < 1.29 is 45.3 Å². The van der Waals surface area contributed by atoms with Gasteiger partial charge in [-0.05, 0) is 50.1 Å². The van der Waals surface area contributed by atoms with Gasteiger partial charge in [0.15, 0.2) is 9.84 Å². The van der Waals surface area contributed by atoms with Gasteiger partial charge in [0.05, 0.1) is 34.6 Å². The second-order valence-corrected chi connectivity index (χ2v) is 15.4. The summed E-state index contributed by atoms with van der Waals surface area (Å²) < 4.78 is 84.6. The van der Waals surface area contributed by atoms with Crippen LogP contribution in [0, 0.1) is 5.82 Å². The third-order valence-electron chi connectivity index (χ3n) is 8.21. The molecule has 0 radical (unpaired) electrons. The fourth-order valence-corrected chi connectivity index (χ4v) is 7.96. The molecule has 1 spiro atoms. The molecular formula is C30H36FN3O10S2. The lowest BCUT2D eigenvalue weighted by molar-refractivity contribution is -0.0325. The first-order valence-electron chi connectivity index (χ1n) is 14.7. The molecule has 1 unspecified atom stereocenters. The molecule has 3 heterocycles. The molecule has 2 aliphatic heterocycles. The molecular weight excluding hydrogens is 645 g/mol. The van der Waals surface area contributed by atoms with E-state index in [2.05, 4.69) is 5.32 Å². The monoisotopic (exact) mass is 681 g/mol. The van der Waals surface area contributed by atoms with E-state index in [1.165, 1.54) is 51.5 Å². The summed E-state index contributed by atoms with van der Waals surface area (Å²) in [5.41, 5.74) is -1.41. The predicted octanol–water partition coefficient (Wildman–Crippen LogP) is 2.04. The van der Waals surface area contributed by atoms with Gasteiger partial charge in [-0.15, -0.1) is 0 Å². The number of benzene rings is 2. The lowest BCUT2D eigenvalue weighted by atomic mass is 9.89. The number of nitrogens with one attached hydrogen (secondary N) is 1. The molecule has 3 aromatic rings. The predicted molar refractivity (Wildman–Crippen MR) is 164 cm³/mol. The van der Waals surface area contributed by atoms with E-state index in [-0.39, 0.29) is 60.9 Å². The number of alkyl carbamates (subject to hydrolysis) is 1. The smallest absolute Gasteiger partial charge is 0.407 e. The number of sulfone groups is 1. The zero-order valence-corrected chi connectivity index (χ0v) is 27.0. The van der Waals surface area contributed by atoms with Crippen molar-refractivity contribution in [2.45, 2.75) is 60.3 Å². The third-order valence-corrected chi connectivity index (χ3v) is 11.2. The Morgan fingerprint density at radius 2 is 1.89 bits per heavy atom. The number of carbonyl (C=O) groups excluding carboxylic acids is 1. The van der Waals surface area contributed by atoms with Crippen LogP contribution in [-0.4, -0.2) is 93.8 Å². The number of amides is 1. The molecule has 2 aliphatic rings. The second-order valence-electron chi connectivity index (χ2n) is 11.5. The van der Waals surface area contributed by atoms with Crippen molar-refractivity contribution in [3.63, 3.8) is 0 Å². The quantitative estimate of drug-likeness (QED) is 0.323. The SMILES string of the molecule is CCn1cc(S(=O)(=O)N2CCC3(CC2)C[C@@H](OC(=O)NCC(O)COc2cccc(S(C)(=O)=O)c2)CO3)c(=O)c2cccc(F)c21. The molecule has 0 saturated carbocycles. The van der Waals surface area contributed by atoms with Crippen LogP contribution in [0.4, 0.5) is 9.18 Å². The number of nitrogens with zero attached hydrogens (tertiary/aromatic N) is 2. The van der Waals surface area contributed by atoms with Crippen LogP contribution in [0.2, 0.25) is 0 Å². The summed E-state index contributed by atoms with van der Waals surface area (Å²) in [5, 5.41) is 12.7. The highest BCUT2D eigenvalue weighted by Crippen LogP contribution is 2.38. The summed E-state index contributed by atoms with van der Waals surface area (Å²) >= 11 is 0. The standard InChI is InChI=1S/C30H36FN3O10S2/c1-3-33-17-26(28(36)24-8-5-9-25(31)27(24)33)46(40,41)34-12-10-30(11-13-34)15-22(19-43-30)44-29(37)32-16-20(35)18-42-21-6-4-7-23(14-21)45(2,38)39/h4-9,14,17,20,22,35H,3,10-13,15-16,18-19H2,1-2H3,(H,32,37)/t20?,22-/m1/s1. The number of sulfonamides is 1. The molecule has 1 amide bonds. The summed E-state index contributed by atoms with van der Waals surface area (Å²) in [6.07, 6.45) is 0.769. The highest BCUT2D eigenvalue weighted by Gasteiger charge is 2.46. The van der Waals surface area contributed by atoms with Crippen molar-refractivity contribution in [3.8, 4) is 5.75 Å². The van der Waals surface area contributed by atoms with Crippen molar-refractivity contribution in [2.24, 2.45) is 0 Å². The number of aryl methyl sites for hydroxylation is 1. The molecule has 2 atom stereocenters. The van der Waals surface area contributed by atoms with Crippen molar-refractivity contribution in [3.05, 3.63) is 64.7 Å². The number of aliphatic hydroxyl groups excluding tert-OH is 1. The van der Waals surface area contributed by atoms with E-state index in [0.717, 1.165) is 6.26 Å². The number of halogens is 1. The van der Waals surface area contributed by atoms with Crippen LogP contribution in [-0.2, 0) is 35.9 Å². The van der Waals surface area contributed by atoms with Gasteiger partial charge < -0.3 is 29.2 Å². The second kappa shape index (κ2) is 13.3. The zero-order valence-electron chi connectivity index (χ0n) is 25.3. The molecule has 5 rings (SSSR count). The molecule has 0 aliphatic carbocycles. The van der Waals surface area contributed by atoms with Gasteiger partial charge in [0.2, 0.25) is 15.5 Å². The summed E-state index contributed by atoms with van der Waals surface area (Å²) in [4.78, 5) is 25.2. The van der Waals surface area contributed by atoms with Crippen molar-refractivity contribution in [2.75, 3.05) is 39.1 Å². The Morgan fingerprint density at radius 1 is 1.17 bits per heavy atom. The van der Waals surface area contributed by atoms with Gasteiger partial charge >= 0.3 is 6.09 Å². The molecule has 2 aromatic carbocycles. The summed E-state index contributed by atoms with van der Waals surface area (Å²) in [5.74, 6) is -0.355. The van der Waals surface area contributed by atoms with Crippen LogP contribution in [0.25, 0.3) is 10.9 Å². The fraction of sp³-hybridized carbons (Fsp3) is 0.467. The van der Waals surface area contributed by atoms with Gasteiger partial charge in [0.1, 0.15) is 35.3 Å². The summed E-state index contributed by atoms with van der Waals surface area (Å²) in [7, 11) is -7.61. The number of hydrogen-bond acceptors (Lipinski definition) is 10. The summed E-state index contributed by atoms with van der Waals surface area (Å²) in [6, 6.07) is 9.85. The maximum Gasteiger partial charge on any atom is 0.407 e. The van der Waals surface area contributed by atoms with Gasteiger partial charge in [0, 0.05) is 38.5 Å². The Bertz CT molecular complexity index is 1890. The van der Waals surface area contributed by atoms with Gasteiger partial charge in [-0.3, -0.25) is 4.79 Å². The number of ether oxygens (including phenoxy) is 3. The number of piperidine rings is 1. The van der Waals surface area contributed by atoms with Crippen molar-refractivity contribution in [1.29, 1.82) is 0 Å². The molecule has 2 N–H and O–H groups in total. The Balaban J connectivity index is 1.12. The zero-order chi connectivity index (χ0) is 33.3. The molecule has 46 heavy (non-hydrogen) atoms. The van der Waals surface area contributed by atoms with E-state index < -0.39 is 59.9 Å². The van der Waals surface area contributed by atoms with Crippen LogP contribution < -0.4 is 15.5 Å². The van der Waals surface area contributed by atoms with Gasteiger partial charge in [-0.2, -0.15) is 4.31 Å². The first kappa shape index (κ1) is 33.8. The number of aromatic nitrogens is 1. The topological polar surface area (TPSA) is 171 Å². The minimum Gasteiger partial charge on any atom is -0.491 e. The van der Waals surface area contributed by atoms with Crippen molar-refractivity contribution in [1.82, 2.24) is 14.2 Å². The van der Waals surface area contributed by atoms with Gasteiger partial charge in [-0.1, -0.05) is 12.1 Å². The number of fused-ring (bicyclic) bond motifs is 1. The Labute approximate surface area is 265 Å². The number of aliphatic hydroxyl groups is 1. The molecule has 16 heteroatoms. The molecule has 2 saturated heterocycles. The minimum absolute atomic E-state index is 0.00627. The van der Waals surface area contributed by atoms with Crippen LogP contribution in [0.1, 0.15) is 26.2 Å². The van der Waals surface area contributed by atoms with E-state index in [4.69, 9.17) is 14.2 Å². The van der Waals surface area contributed by atoms with Crippen LogP contribution in [0.15, 0.2) is 63.2 Å². The van der Waals surface area contributed by atoms with Crippen LogP contribution >= 0.6 is 0 Å².